The number of carbonyl (C=O) groups is 2. The fourth-order valence-corrected chi connectivity index (χ4v) is 2.63. The number of hydrogen-bond donors (Lipinski definition) is 3. The second-order valence-electron chi connectivity index (χ2n) is 6.81. The predicted octanol–water partition coefficient (Wildman–Crippen LogP) is 1.46. The minimum absolute atomic E-state index is 0.0640. The SMILES string of the molecule is Cc1ccc(C)c(NC(=O)C[NH+](C)[C@@H](C)C(=O)NCc2ccccc2)c1. The third-order valence-corrected chi connectivity index (χ3v) is 4.55. The van der Waals surface area contributed by atoms with Crippen molar-refractivity contribution in [2.45, 2.75) is 33.4 Å². The van der Waals surface area contributed by atoms with Crippen molar-refractivity contribution in [3.8, 4) is 0 Å². The zero-order chi connectivity index (χ0) is 19.1. The highest BCUT2D eigenvalue weighted by atomic mass is 16.2. The van der Waals surface area contributed by atoms with Crippen molar-refractivity contribution in [1.82, 2.24) is 5.32 Å². The Balaban J connectivity index is 1.85. The monoisotopic (exact) mass is 354 g/mol. The van der Waals surface area contributed by atoms with Crippen LogP contribution in [0.5, 0.6) is 0 Å². The van der Waals surface area contributed by atoms with Crippen LogP contribution in [0.1, 0.15) is 23.6 Å². The van der Waals surface area contributed by atoms with Crippen LogP contribution in [0.4, 0.5) is 5.69 Å². The van der Waals surface area contributed by atoms with Crippen molar-refractivity contribution < 1.29 is 14.5 Å². The minimum Gasteiger partial charge on any atom is -0.347 e. The number of rotatable bonds is 7. The van der Waals surface area contributed by atoms with Gasteiger partial charge in [0.1, 0.15) is 0 Å². The number of carbonyl (C=O) groups excluding carboxylic acids is 2. The van der Waals surface area contributed by atoms with Gasteiger partial charge >= 0.3 is 0 Å². The van der Waals surface area contributed by atoms with Crippen molar-refractivity contribution in [3.05, 3.63) is 65.2 Å². The molecule has 2 rings (SSSR count). The minimum atomic E-state index is -0.317. The first-order chi connectivity index (χ1) is 12.4. The number of quaternary nitrogens is 1. The molecular weight excluding hydrogens is 326 g/mol. The Morgan fingerprint density at radius 3 is 2.46 bits per heavy atom. The van der Waals surface area contributed by atoms with E-state index in [0.29, 0.717) is 6.54 Å². The summed E-state index contributed by atoms with van der Waals surface area (Å²) in [5.74, 6) is -0.162. The number of amides is 2. The van der Waals surface area contributed by atoms with Gasteiger partial charge in [-0.15, -0.1) is 0 Å². The van der Waals surface area contributed by atoms with Crippen LogP contribution in [0.25, 0.3) is 0 Å². The molecule has 5 heteroatoms. The first-order valence-corrected chi connectivity index (χ1v) is 8.88. The Morgan fingerprint density at radius 2 is 1.77 bits per heavy atom. The van der Waals surface area contributed by atoms with Gasteiger partial charge in [0.2, 0.25) is 0 Å². The molecule has 3 N–H and O–H groups in total. The molecular formula is C21H28N3O2+. The number of likely N-dealkylation sites (N-methyl/N-ethyl adjacent to an activating group) is 1. The molecule has 5 nitrogen and oxygen atoms in total. The van der Waals surface area contributed by atoms with Gasteiger partial charge in [0, 0.05) is 12.2 Å². The number of nitrogens with one attached hydrogen (secondary N) is 3. The van der Waals surface area contributed by atoms with Crippen molar-refractivity contribution in [1.29, 1.82) is 0 Å². The topological polar surface area (TPSA) is 62.6 Å². The molecule has 0 saturated carbocycles. The van der Waals surface area contributed by atoms with E-state index in [9.17, 15) is 9.59 Å². The summed E-state index contributed by atoms with van der Waals surface area (Å²) < 4.78 is 0. The Hall–Kier alpha value is -2.66. The lowest BCUT2D eigenvalue weighted by Gasteiger charge is -2.21. The number of aryl methyl sites for hydroxylation is 2. The highest BCUT2D eigenvalue weighted by Gasteiger charge is 2.23. The van der Waals surface area contributed by atoms with Crippen LogP contribution in [0.3, 0.4) is 0 Å². The van der Waals surface area contributed by atoms with Crippen LogP contribution >= 0.6 is 0 Å². The van der Waals surface area contributed by atoms with Gasteiger partial charge in [-0.25, -0.2) is 0 Å². The molecule has 0 fully saturated rings. The van der Waals surface area contributed by atoms with Crippen molar-refractivity contribution in [3.63, 3.8) is 0 Å². The fraction of sp³-hybridized carbons (Fsp3) is 0.333. The van der Waals surface area contributed by atoms with E-state index in [0.717, 1.165) is 27.3 Å². The van der Waals surface area contributed by atoms with E-state index in [1.54, 1.807) is 0 Å². The molecule has 0 aromatic heterocycles. The summed E-state index contributed by atoms with van der Waals surface area (Å²) in [7, 11) is 1.86. The van der Waals surface area contributed by atoms with E-state index in [-0.39, 0.29) is 24.4 Å². The number of benzene rings is 2. The lowest BCUT2D eigenvalue weighted by molar-refractivity contribution is -0.885. The standard InChI is InChI=1S/C21H27N3O2/c1-15-10-11-16(2)19(12-15)23-20(25)14-24(4)17(3)21(26)22-13-18-8-6-5-7-9-18/h5-12,17H,13-14H2,1-4H3,(H,22,26)(H,23,25)/p+1/t17-/m0/s1. The van der Waals surface area contributed by atoms with Crippen molar-refractivity contribution >= 4 is 17.5 Å². The Bertz CT molecular complexity index is 759. The van der Waals surface area contributed by atoms with Gasteiger partial charge in [-0.2, -0.15) is 0 Å². The summed E-state index contributed by atoms with van der Waals surface area (Å²) in [6, 6.07) is 15.4. The van der Waals surface area contributed by atoms with E-state index in [1.807, 2.05) is 76.3 Å². The number of anilines is 1. The molecule has 2 atom stereocenters. The highest BCUT2D eigenvalue weighted by Crippen LogP contribution is 2.15. The van der Waals surface area contributed by atoms with E-state index < -0.39 is 0 Å². The molecule has 2 aromatic rings. The molecule has 26 heavy (non-hydrogen) atoms. The van der Waals surface area contributed by atoms with E-state index in [1.165, 1.54) is 0 Å². The molecule has 2 amide bonds. The second-order valence-corrected chi connectivity index (χ2v) is 6.81. The average Bonchev–Trinajstić information content (AvgIpc) is 2.62. The van der Waals surface area contributed by atoms with E-state index >= 15 is 0 Å². The molecule has 138 valence electrons. The maximum atomic E-state index is 12.3. The summed E-state index contributed by atoms with van der Waals surface area (Å²) in [6.07, 6.45) is 0. The normalized spacial score (nSPS) is 12.9. The van der Waals surface area contributed by atoms with Gasteiger partial charge in [0.15, 0.2) is 12.6 Å². The van der Waals surface area contributed by atoms with Crippen LogP contribution in [0, 0.1) is 13.8 Å². The molecule has 1 unspecified atom stereocenters. The highest BCUT2D eigenvalue weighted by molar-refractivity contribution is 5.92. The quantitative estimate of drug-likeness (QED) is 0.705. The van der Waals surface area contributed by atoms with Gasteiger partial charge < -0.3 is 15.5 Å². The van der Waals surface area contributed by atoms with Gasteiger partial charge in [-0.05, 0) is 43.5 Å². The van der Waals surface area contributed by atoms with E-state index in [4.69, 9.17) is 0 Å². The van der Waals surface area contributed by atoms with Crippen LogP contribution in [-0.4, -0.2) is 31.4 Å². The molecule has 2 aromatic carbocycles. The lowest BCUT2D eigenvalue weighted by atomic mass is 10.1. The first-order valence-electron chi connectivity index (χ1n) is 8.88. The third kappa shape index (κ3) is 5.70. The largest absolute Gasteiger partial charge is 0.347 e. The summed E-state index contributed by atoms with van der Waals surface area (Å²) in [6.45, 7) is 6.51. The predicted molar refractivity (Wildman–Crippen MR) is 104 cm³/mol. The van der Waals surface area contributed by atoms with Gasteiger partial charge in [-0.1, -0.05) is 42.5 Å². The maximum absolute atomic E-state index is 12.3. The smallest absolute Gasteiger partial charge is 0.279 e. The summed E-state index contributed by atoms with van der Waals surface area (Å²) in [4.78, 5) is 25.5. The summed E-state index contributed by atoms with van der Waals surface area (Å²) in [5, 5.41) is 5.87. The molecule has 0 bridgehead atoms. The van der Waals surface area contributed by atoms with Crippen molar-refractivity contribution in [2.24, 2.45) is 0 Å². The molecule has 0 saturated heterocycles. The third-order valence-electron chi connectivity index (χ3n) is 4.55. The van der Waals surface area contributed by atoms with Gasteiger partial charge in [0.25, 0.3) is 11.8 Å². The van der Waals surface area contributed by atoms with Crippen molar-refractivity contribution in [2.75, 3.05) is 18.9 Å². The lowest BCUT2D eigenvalue weighted by Crippen LogP contribution is -3.15. The molecule has 0 radical (unpaired) electrons. The van der Waals surface area contributed by atoms with Crippen LogP contribution in [0.15, 0.2) is 48.5 Å². The average molecular weight is 354 g/mol. The maximum Gasteiger partial charge on any atom is 0.279 e. The molecule has 0 heterocycles. The van der Waals surface area contributed by atoms with Crippen LogP contribution < -0.4 is 15.5 Å². The van der Waals surface area contributed by atoms with Crippen LogP contribution in [0.2, 0.25) is 0 Å². The zero-order valence-electron chi connectivity index (χ0n) is 15.9. The Morgan fingerprint density at radius 1 is 1.08 bits per heavy atom. The molecule has 0 aliphatic rings. The molecule has 0 aliphatic carbocycles. The molecule has 0 aliphatic heterocycles. The van der Waals surface area contributed by atoms with Crippen LogP contribution in [-0.2, 0) is 16.1 Å². The Kier molecular flexibility index (Phi) is 6.92. The summed E-state index contributed by atoms with van der Waals surface area (Å²) >= 11 is 0. The fourth-order valence-electron chi connectivity index (χ4n) is 2.63. The van der Waals surface area contributed by atoms with E-state index in [2.05, 4.69) is 10.6 Å². The summed E-state index contributed by atoms with van der Waals surface area (Å²) in [5.41, 5.74) is 4.00. The van der Waals surface area contributed by atoms with Gasteiger partial charge in [0.05, 0.1) is 7.05 Å². The first kappa shape index (κ1) is 19.7. The molecule has 0 spiro atoms. The Labute approximate surface area is 155 Å². The van der Waals surface area contributed by atoms with Gasteiger partial charge in [-0.3, -0.25) is 9.59 Å². The zero-order valence-corrected chi connectivity index (χ0v) is 15.9. The second kappa shape index (κ2) is 9.15. The number of hydrogen-bond acceptors (Lipinski definition) is 2.